The Kier molecular flexibility index (Phi) is 6.99. The first-order valence-electron chi connectivity index (χ1n) is 8.01. The number of hydrogen-bond acceptors (Lipinski definition) is 5. The lowest BCUT2D eigenvalue weighted by molar-refractivity contribution is 0.632. The summed E-state index contributed by atoms with van der Waals surface area (Å²) in [6.07, 6.45) is 6.59. The summed E-state index contributed by atoms with van der Waals surface area (Å²) in [5.74, 6) is 1.81. The molecule has 0 aliphatic carbocycles. The molecule has 0 saturated carbocycles. The van der Waals surface area contributed by atoms with Crippen molar-refractivity contribution >= 4 is 17.3 Å². The zero-order chi connectivity index (χ0) is 16.5. The van der Waals surface area contributed by atoms with Crippen LogP contribution in [0.2, 0.25) is 0 Å². The van der Waals surface area contributed by atoms with Crippen molar-refractivity contribution in [2.24, 2.45) is 4.99 Å². The van der Waals surface area contributed by atoms with Crippen LogP contribution in [0.3, 0.4) is 0 Å². The number of rotatable bonds is 8. The van der Waals surface area contributed by atoms with E-state index in [1.54, 1.807) is 24.7 Å². The van der Waals surface area contributed by atoms with Crippen LogP contribution in [0.5, 0.6) is 0 Å². The fraction of sp³-hybridized carbons (Fsp3) is 0.600. The lowest BCUT2D eigenvalue weighted by Crippen LogP contribution is -2.39. The zero-order valence-electron chi connectivity index (χ0n) is 14.0. The van der Waals surface area contributed by atoms with Gasteiger partial charge in [-0.15, -0.1) is 21.5 Å². The van der Waals surface area contributed by atoms with Crippen molar-refractivity contribution in [3.05, 3.63) is 28.2 Å². The average molecular weight is 335 g/mol. The first-order valence-corrected chi connectivity index (χ1v) is 8.83. The van der Waals surface area contributed by atoms with Crippen LogP contribution in [0, 0.1) is 0 Å². The summed E-state index contributed by atoms with van der Waals surface area (Å²) in [4.78, 5) is 10.0. The molecule has 126 valence electrons. The van der Waals surface area contributed by atoms with Gasteiger partial charge in [-0.3, -0.25) is 4.99 Å². The number of aryl methyl sites for hydroxylation is 2. The molecular formula is C15H25N7S. The standard InChI is InChI=1S/C15H25N7S/c1-4-12-10-19-14(23-12)6-7-17-15(16-3)18-8-9-22-11-20-21-13(22)5-2/h10-11H,4-9H2,1-3H3,(H2,16,17,18). The van der Waals surface area contributed by atoms with E-state index in [4.69, 9.17) is 0 Å². The highest BCUT2D eigenvalue weighted by Crippen LogP contribution is 2.13. The number of hydrogen-bond donors (Lipinski definition) is 2. The fourth-order valence-corrected chi connectivity index (χ4v) is 3.03. The van der Waals surface area contributed by atoms with Crippen LogP contribution < -0.4 is 10.6 Å². The largest absolute Gasteiger partial charge is 0.356 e. The van der Waals surface area contributed by atoms with Crippen LogP contribution in [-0.2, 0) is 25.8 Å². The molecule has 2 rings (SSSR count). The summed E-state index contributed by atoms with van der Waals surface area (Å²) in [7, 11) is 1.78. The highest BCUT2D eigenvalue weighted by molar-refractivity contribution is 7.11. The average Bonchev–Trinajstić information content (AvgIpc) is 3.22. The van der Waals surface area contributed by atoms with Crippen LogP contribution in [0.15, 0.2) is 17.5 Å². The maximum absolute atomic E-state index is 4.43. The van der Waals surface area contributed by atoms with Crippen LogP contribution >= 0.6 is 11.3 Å². The molecule has 0 amide bonds. The second-order valence-corrected chi connectivity index (χ2v) is 6.24. The van der Waals surface area contributed by atoms with Gasteiger partial charge in [-0.05, 0) is 6.42 Å². The molecule has 2 N–H and O–H groups in total. The molecule has 0 aliphatic rings. The van der Waals surface area contributed by atoms with Gasteiger partial charge in [-0.2, -0.15) is 0 Å². The molecule has 0 fully saturated rings. The molecule has 2 aromatic rings. The molecule has 0 aromatic carbocycles. The maximum atomic E-state index is 4.43. The minimum absolute atomic E-state index is 0.780. The summed E-state index contributed by atoms with van der Waals surface area (Å²) in [6, 6.07) is 0. The van der Waals surface area contributed by atoms with Gasteiger partial charge in [0.15, 0.2) is 5.96 Å². The third kappa shape index (κ3) is 5.31. The van der Waals surface area contributed by atoms with Gasteiger partial charge < -0.3 is 15.2 Å². The molecule has 7 nitrogen and oxygen atoms in total. The second kappa shape index (κ2) is 9.24. The van der Waals surface area contributed by atoms with Gasteiger partial charge in [0.05, 0.1) is 5.01 Å². The van der Waals surface area contributed by atoms with Crippen molar-refractivity contribution in [3.63, 3.8) is 0 Å². The van der Waals surface area contributed by atoms with Crippen LogP contribution in [0.1, 0.15) is 29.6 Å². The monoisotopic (exact) mass is 335 g/mol. The fourth-order valence-electron chi connectivity index (χ4n) is 2.17. The third-order valence-corrected chi connectivity index (χ3v) is 4.66. The summed E-state index contributed by atoms with van der Waals surface area (Å²) >= 11 is 1.78. The SMILES string of the molecule is CCc1cnc(CCNC(=NC)NCCn2cnnc2CC)s1. The number of aliphatic imine (C=N–C) groups is 1. The van der Waals surface area contributed by atoms with Crippen molar-refractivity contribution in [2.45, 2.75) is 39.7 Å². The summed E-state index contributed by atoms with van der Waals surface area (Å²) in [5.41, 5.74) is 0. The van der Waals surface area contributed by atoms with Crippen molar-refractivity contribution < 1.29 is 0 Å². The molecule has 0 saturated heterocycles. The Balaban J connectivity index is 1.69. The van der Waals surface area contributed by atoms with E-state index in [-0.39, 0.29) is 0 Å². The molecule has 0 unspecified atom stereocenters. The van der Waals surface area contributed by atoms with Gasteiger partial charge in [-0.25, -0.2) is 4.98 Å². The minimum atomic E-state index is 0.780. The Labute approximate surface area is 141 Å². The molecular weight excluding hydrogens is 310 g/mol. The van der Waals surface area contributed by atoms with Crippen LogP contribution in [-0.4, -0.2) is 45.8 Å². The Morgan fingerprint density at radius 3 is 2.78 bits per heavy atom. The maximum Gasteiger partial charge on any atom is 0.191 e. The highest BCUT2D eigenvalue weighted by atomic mass is 32.1. The molecule has 2 heterocycles. The zero-order valence-corrected chi connectivity index (χ0v) is 14.9. The summed E-state index contributed by atoms with van der Waals surface area (Å²) in [5, 5.41) is 15.8. The first kappa shape index (κ1) is 17.4. The first-order chi connectivity index (χ1) is 11.3. The van der Waals surface area contributed by atoms with E-state index in [9.17, 15) is 0 Å². The molecule has 23 heavy (non-hydrogen) atoms. The van der Waals surface area contributed by atoms with E-state index in [0.717, 1.165) is 50.7 Å². The van der Waals surface area contributed by atoms with Gasteiger partial charge in [0.25, 0.3) is 0 Å². The van der Waals surface area contributed by atoms with E-state index < -0.39 is 0 Å². The Bertz CT molecular complexity index is 617. The van der Waals surface area contributed by atoms with Gasteiger partial charge >= 0.3 is 0 Å². The number of nitrogens with one attached hydrogen (secondary N) is 2. The van der Waals surface area contributed by atoms with Crippen molar-refractivity contribution in [3.8, 4) is 0 Å². The lowest BCUT2D eigenvalue weighted by Gasteiger charge is -2.12. The topological polar surface area (TPSA) is 80.0 Å². The molecule has 0 atom stereocenters. The quantitative estimate of drug-likeness (QED) is 0.561. The molecule has 8 heteroatoms. The molecule has 0 aliphatic heterocycles. The Morgan fingerprint density at radius 1 is 1.26 bits per heavy atom. The number of thiazole rings is 1. The molecule has 0 radical (unpaired) electrons. The van der Waals surface area contributed by atoms with E-state index >= 15 is 0 Å². The summed E-state index contributed by atoms with van der Waals surface area (Å²) in [6.45, 7) is 6.66. The van der Waals surface area contributed by atoms with Gasteiger partial charge in [0.1, 0.15) is 12.2 Å². The molecule has 2 aromatic heterocycles. The number of nitrogens with zero attached hydrogens (tertiary/aromatic N) is 5. The number of aromatic nitrogens is 4. The predicted molar refractivity (Wildman–Crippen MR) is 94.0 cm³/mol. The van der Waals surface area contributed by atoms with Gasteiger partial charge in [0.2, 0.25) is 0 Å². The van der Waals surface area contributed by atoms with Crippen LogP contribution in [0.4, 0.5) is 0 Å². The van der Waals surface area contributed by atoms with E-state index in [0.29, 0.717) is 0 Å². The number of guanidine groups is 1. The Morgan fingerprint density at radius 2 is 2.09 bits per heavy atom. The molecule has 0 bridgehead atoms. The van der Waals surface area contributed by atoms with E-state index in [2.05, 4.69) is 49.2 Å². The smallest absolute Gasteiger partial charge is 0.191 e. The minimum Gasteiger partial charge on any atom is -0.356 e. The lowest BCUT2D eigenvalue weighted by atomic mass is 10.4. The highest BCUT2D eigenvalue weighted by Gasteiger charge is 2.03. The van der Waals surface area contributed by atoms with Gasteiger partial charge in [0, 0.05) is 50.6 Å². The molecule has 0 spiro atoms. The van der Waals surface area contributed by atoms with E-state index in [1.165, 1.54) is 9.88 Å². The Hall–Kier alpha value is -1.96. The predicted octanol–water partition coefficient (Wildman–Crippen LogP) is 1.27. The second-order valence-electron chi connectivity index (χ2n) is 5.04. The summed E-state index contributed by atoms with van der Waals surface area (Å²) < 4.78 is 2.06. The van der Waals surface area contributed by atoms with Crippen molar-refractivity contribution in [2.75, 3.05) is 20.1 Å². The van der Waals surface area contributed by atoms with Crippen molar-refractivity contribution in [1.29, 1.82) is 0 Å². The van der Waals surface area contributed by atoms with Gasteiger partial charge in [-0.1, -0.05) is 13.8 Å². The van der Waals surface area contributed by atoms with Crippen LogP contribution in [0.25, 0.3) is 0 Å². The normalized spacial score (nSPS) is 11.7. The van der Waals surface area contributed by atoms with Crippen molar-refractivity contribution in [1.82, 2.24) is 30.4 Å². The van der Waals surface area contributed by atoms with E-state index in [1.807, 2.05) is 6.20 Å². The third-order valence-electron chi connectivity index (χ3n) is 3.46.